The van der Waals surface area contributed by atoms with Crippen LogP contribution in [0.4, 0.5) is 0 Å². The van der Waals surface area contributed by atoms with E-state index in [2.05, 4.69) is 0 Å². The van der Waals surface area contributed by atoms with Crippen LogP contribution in [0.1, 0.15) is 35.6 Å². The quantitative estimate of drug-likeness (QED) is 0.830. The van der Waals surface area contributed by atoms with Crippen molar-refractivity contribution in [3.63, 3.8) is 0 Å². The largest absolute Gasteiger partial charge is 0.480 e. The number of nitrogens with zero attached hydrogens (tertiary/aromatic N) is 1. The Morgan fingerprint density at radius 3 is 2.83 bits per heavy atom. The van der Waals surface area contributed by atoms with Gasteiger partial charge < -0.3 is 20.2 Å². The van der Waals surface area contributed by atoms with E-state index in [0.29, 0.717) is 18.7 Å². The molecule has 98 valence electrons. The molecule has 1 amide bonds. The maximum Gasteiger partial charge on any atom is 0.326 e. The first kappa shape index (κ1) is 12.6. The summed E-state index contributed by atoms with van der Waals surface area (Å²) in [6.07, 6.45) is 2.14. The summed E-state index contributed by atoms with van der Waals surface area (Å²) >= 11 is 0. The summed E-state index contributed by atoms with van der Waals surface area (Å²) in [6, 6.07) is 2.42. The minimum Gasteiger partial charge on any atom is -0.480 e. The van der Waals surface area contributed by atoms with Crippen LogP contribution in [0, 0.1) is 0 Å². The highest BCUT2D eigenvalue weighted by Gasteiger charge is 2.33. The van der Waals surface area contributed by atoms with Crippen molar-refractivity contribution >= 4 is 11.9 Å². The number of carboxylic acid groups (broad SMARTS) is 1. The Bertz CT molecular complexity index is 455. The molecule has 1 saturated heterocycles. The molecule has 1 fully saturated rings. The number of piperidine rings is 1. The maximum atomic E-state index is 12.2. The van der Waals surface area contributed by atoms with Gasteiger partial charge in [-0.15, -0.1) is 0 Å². The van der Waals surface area contributed by atoms with Gasteiger partial charge in [-0.05, 0) is 31.4 Å². The molecule has 18 heavy (non-hydrogen) atoms. The standard InChI is InChI=1S/C12H16N2O4/c13-7-8-4-5-10(18-8)11(15)14-6-2-1-3-9(14)12(16)17/h4-5,9H,1-3,6-7,13H2,(H,16,17)/t9-/m0/s1. The summed E-state index contributed by atoms with van der Waals surface area (Å²) in [5.74, 6) is -0.665. The van der Waals surface area contributed by atoms with Gasteiger partial charge >= 0.3 is 5.97 Å². The van der Waals surface area contributed by atoms with E-state index in [0.717, 1.165) is 12.8 Å². The molecule has 6 heteroatoms. The molecule has 0 spiro atoms. The summed E-state index contributed by atoms with van der Waals surface area (Å²) in [5, 5.41) is 9.11. The van der Waals surface area contributed by atoms with Gasteiger partial charge in [0, 0.05) is 6.54 Å². The second kappa shape index (κ2) is 5.22. The van der Waals surface area contributed by atoms with Crippen molar-refractivity contribution in [2.75, 3.05) is 6.54 Å². The average molecular weight is 252 g/mol. The van der Waals surface area contributed by atoms with E-state index in [4.69, 9.17) is 15.3 Å². The highest BCUT2D eigenvalue weighted by molar-refractivity contribution is 5.94. The van der Waals surface area contributed by atoms with E-state index in [1.807, 2.05) is 0 Å². The summed E-state index contributed by atoms with van der Waals surface area (Å²) in [7, 11) is 0. The van der Waals surface area contributed by atoms with E-state index >= 15 is 0 Å². The molecule has 0 aromatic carbocycles. The predicted octanol–water partition coefficient (Wildman–Crippen LogP) is 0.818. The van der Waals surface area contributed by atoms with Gasteiger partial charge in [0.2, 0.25) is 0 Å². The minimum atomic E-state index is -0.964. The van der Waals surface area contributed by atoms with E-state index in [1.54, 1.807) is 6.07 Å². The molecule has 3 N–H and O–H groups in total. The van der Waals surface area contributed by atoms with Crippen LogP contribution >= 0.6 is 0 Å². The van der Waals surface area contributed by atoms with Crippen molar-refractivity contribution < 1.29 is 19.1 Å². The summed E-state index contributed by atoms with van der Waals surface area (Å²) < 4.78 is 5.27. The molecule has 6 nitrogen and oxygen atoms in total. The molecule has 0 saturated carbocycles. The highest BCUT2D eigenvalue weighted by atomic mass is 16.4. The van der Waals surface area contributed by atoms with Crippen LogP contribution in [0.15, 0.2) is 16.5 Å². The Morgan fingerprint density at radius 1 is 1.44 bits per heavy atom. The fraction of sp³-hybridized carbons (Fsp3) is 0.500. The highest BCUT2D eigenvalue weighted by Crippen LogP contribution is 2.20. The lowest BCUT2D eigenvalue weighted by atomic mass is 10.0. The first-order chi connectivity index (χ1) is 8.63. The number of rotatable bonds is 3. The molecule has 0 aliphatic carbocycles. The third-order valence-electron chi connectivity index (χ3n) is 3.12. The minimum absolute atomic E-state index is 0.156. The number of hydrogen-bond acceptors (Lipinski definition) is 4. The number of nitrogens with two attached hydrogens (primary N) is 1. The summed E-state index contributed by atoms with van der Waals surface area (Å²) in [5.41, 5.74) is 5.40. The topological polar surface area (TPSA) is 96.8 Å². The fourth-order valence-electron chi connectivity index (χ4n) is 2.18. The predicted molar refractivity (Wildman–Crippen MR) is 62.9 cm³/mol. The lowest BCUT2D eigenvalue weighted by Crippen LogP contribution is -2.47. The Morgan fingerprint density at radius 2 is 2.22 bits per heavy atom. The van der Waals surface area contributed by atoms with Crippen LogP contribution in [0.5, 0.6) is 0 Å². The SMILES string of the molecule is NCc1ccc(C(=O)N2CCCC[C@H]2C(=O)O)o1. The zero-order valence-electron chi connectivity index (χ0n) is 9.96. The van der Waals surface area contributed by atoms with Crippen LogP contribution in [-0.4, -0.2) is 34.5 Å². The zero-order chi connectivity index (χ0) is 13.1. The Labute approximate surface area is 104 Å². The van der Waals surface area contributed by atoms with Gasteiger partial charge in [-0.1, -0.05) is 0 Å². The van der Waals surface area contributed by atoms with Crippen molar-refractivity contribution in [1.29, 1.82) is 0 Å². The van der Waals surface area contributed by atoms with Gasteiger partial charge in [0.1, 0.15) is 11.8 Å². The first-order valence-electron chi connectivity index (χ1n) is 5.96. The summed E-state index contributed by atoms with van der Waals surface area (Å²) in [4.78, 5) is 24.7. The fourth-order valence-corrected chi connectivity index (χ4v) is 2.18. The van der Waals surface area contributed by atoms with Crippen LogP contribution in [0.3, 0.4) is 0 Å². The van der Waals surface area contributed by atoms with Gasteiger partial charge in [0.05, 0.1) is 6.54 Å². The Hall–Kier alpha value is -1.82. The van der Waals surface area contributed by atoms with Gasteiger partial charge in [0.25, 0.3) is 5.91 Å². The molecule has 1 aromatic rings. The second-order valence-corrected chi connectivity index (χ2v) is 4.32. The molecular formula is C12H16N2O4. The van der Waals surface area contributed by atoms with Crippen LogP contribution in [0.2, 0.25) is 0 Å². The second-order valence-electron chi connectivity index (χ2n) is 4.32. The number of furan rings is 1. The number of carbonyl (C=O) groups excluding carboxylic acids is 1. The van der Waals surface area contributed by atoms with Gasteiger partial charge in [-0.25, -0.2) is 4.79 Å². The number of carboxylic acids is 1. The number of carbonyl (C=O) groups is 2. The van der Waals surface area contributed by atoms with E-state index in [-0.39, 0.29) is 18.2 Å². The number of amides is 1. The first-order valence-corrected chi connectivity index (χ1v) is 5.96. The normalized spacial score (nSPS) is 19.8. The van der Waals surface area contributed by atoms with Crippen LogP contribution in [-0.2, 0) is 11.3 Å². The van der Waals surface area contributed by atoms with E-state index in [1.165, 1.54) is 11.0 Å². The lowest BCUT2D eigenvalue weighted by molar-refractivity contribution is -0.143. The van der Waals surface area contributed by atoms with Crippen molar-refractivity contribution in [3.8, 4) is 0 Å². The molecule has 2 heterocycles. The van der Waals surface area contributed by atoms with E-state index < -0.39 is 12.0 Å². The molecule has 1 aliphatic heterocycles. The monoisotopic (exact) mass is 252 g/mol. The molecule has 1 aliphatic rings. The van der Waals surface area contributed by atoms with E-state index in [9.17, 15) is 9.59 Å². The zero-order valence-corrected chi connectivity index (χ0v) is 9.96. The van der Waals surface area contributed by atoms with Crippen LogP contribution < -0.4 is 5.73 Å². The molecule has 0 unspecified atom stereocenters. The van der Waals surface area contributed by atoms with Gasteiger partial charge in [-0.2, -0.15) is 0 Å². The molecular weight excluding hydrogens is 236 g/mol. The molecule has 1 aromatic heterocycles. The third kappa shape index (κ3) is 2.38. The Kier molecular flexibility index (Phi) is 3.66. The number of likely N-dealkylation sites (tertiary alicyclic amines) is 1. The van der Waals surface area contributed by atoms with Crippen molar-refractivity contribution in [2.24, 2.45) is 5.73 Å². The van der Waals surface area contributed by atoms with Crippen molar-refractivity contribution in [2.45, 2.75) is 31.8 Å². The average Bonchev–Trinajstić information content (AvgIpc) is 2.86. The smallest absolute Gasteiger partial charge is 0.326 e. The van der Waals surface area contributed by atoms with Crippen LogP contribution in [0.25, 0.3) is 0 Å². The van der Waals surface area contributed by atoms with Crippen molar-refractivity contribution in [3.05, 3.63) is 23.7 Å². The third-order valence-corrected chi connectivity index (χ3v) is 3.12. The molecule has 2 rings (SSSR count). The molecule has 1 atom stereocenters. The number of aliphatic carboxylic acids is 1. The molecule has 0 bridgehead atoms. The van der Waals surface area contributed by atoms with Crippen molar-refractivity contribution in [1.82, 2.24) is 4.90 Å². The van der Waals surface area contributed by atoms with Gasteiger partial charge in [0.15, 0.2) is 5.76 Å². The van der Waals surface area contributed by atoms with Gasteiger partial charge in [-0.3, -0.25) is 4.79 Å². The maximum absolute atomic E-state index is 12.2. The number of hydrogen-bond donors (Lipinski definition) is 2. The Balaban J connectivity index is 2.17. The summed E-state index contributed by atoms with van der Waals surface area (Å²) in [6.45, 7) is 0.671. The molecule has 0 radical (unpaired) electrons. The lowest BCUT2D eigenvalue weighted by Gasteiger charge is -2.32.